The van der Waals surface area contributed by atoms with Gasteiger partial charge in [0.1, 0.15) is 9.79 Å². The molecule has 0 unspecified atom stereocenters. The fourth-order valence-electron chi connectivity index (χ4n) is 1.54. The molecular formula is C10H6O6S2. The Hall–Kier alpha value is -1.48. The van der Waals surface area contributed by atoms with E-state index < -0.39 is 30.0 Å². The van der Waals surface area contributed by atoms with Crippen LogP contribution in [0.3, 0.4) is 0 Å². The third kappa shape index (κ3) is 2.23. The lowest BCUT2D eigenvalue weighted by Gasteiger charge is -2.06. The molecule has 0 aliphatic heterocycles. The molecule has 0 fully saturated rings. The largest absolute Gasteiger partial charge is 0.295 e. The maximum atomic E-state index is 11.1. The van der Waals surface area contributed by atoms with Crippen molar-refractivity contribution in [3.05, 3.63) is 36.4 Å². The second-order valence-electron chi connectivity index (χ2n) is 3.40. The second kappa shape index (κ2) is 4.02. The molecule has 0 aliphatic carbocycles. The first-order valence-electron chi connectivity index (χ1n) is 4.51. The van der Waals surface area contributed by atoms with Crippen LogP contribution in [-0.2, 0) is 20.2 Å². The molecule has 2 radical (unpaired) electrons. The Kier molecular flexibility index (Phi) is 2.90. The molecule has 2 rings (SSSR count). The summed E-state index contributed by atoms with van der Waals surface area (Å²) in [5.74, 6) is 0. The van der Waals surface area contributed by atoms with Crippen molar-refractivity contribution < 1.29 is 25.9 Å². The van der Waals surface area contributed by atoms with Crippen molar-refractivity contribution in [1.29, 1.82) is 0 Å². The van der Waals surface area contributed by atoms with Crippen molar-refractivity contribution in [2.45, 2.75) is 9.79 Å². The maximum absolute atomic E-state index is 11.1. The molecule has 0 heterocycles. The van der Waals surface area contributed by atoms with Crippen molar-refractivity contribution in [2.24, 2.45) is 0 Å². The van der Waals surface area contributed by atoms with E-state index in [-0.39, 0.29) is 10.8 Å². The zero-order valence-electron chi connectivity index (χ0n) is 8.65. The van der Waals surface area contributed by atoms with Gasteiger partial charge in [-0.25, -0.2) is 0 Å². The van der Waals surface area contributed by atoms with E-state index >= 15 is 0 Å². The molecule has 94 valence electrons. The normalized spacial score (nSPS) is 12.8. The fraction of sp³-hybridized carbons (Fsp3) is 0. The van der Waals surface area contributed by atoms with E-state index in [1.165, 1.54) is 6.07 Å². The summed E-state index contributed by atoms with van der Waals surface area (Å²) in [4.78, 5) is -0.997. The smallest absolute Gasteiger partial charge is 0.282 e. The van der Waals surface area contributed by atoms with Gasteiger partial charge in [-0.2, -0.15) is 16.8 Å². The van der Waals surface area contributed by atoms with E-state index in [2.05, 4.69) is 12.1 Å². The third-order valence-electron chi connectivity index (χ3n) is 2.24. The van der Waals surface area contributed by atoms with Gasteiger partial charge in [-0.1, -0.05) is 6.07 Å². The van der Waals surface area contributed by atoms with Gasteiger partial charge in [0.15, 0.2) is 0 Å². The van der Waals surface area contributed by atoms with E-state index in [1.54, 1.807) is 0 Å². The van der Waals surface area contributed by atoms with Gasteiger partial charge in [-0.05, 0) is 30.3 Å². The van der Waals surface area contributed by atoms with Crippen molar-refractivity contribution >= 4 is 31.0 Å². The van der Waals surface area contributed by atoms with Crippen LogP contribution in [0.5, 0.6) is 0 Å². The van der Waals surface area contributed by atoms with E-state index in [1.807, 2.05) is 0 Å². The Morgan fingerprint density at radius 3 is 2.11 bits per heavy atom. The van der Waals surface area contributed by atoms with Crippen LogP contribution in [-0.4, -0.2) is 25.9 Å². The number of rotatable bonds is 2. The lowest BCUT2D eigenvalue weighted by atomic mass is 10.1. The van der Waals surface area contributed by atoms with Gasteiger partial charge in [0.25, 0.3) is 20.2 Å². The van der Waals surface area contributed by atoms with Gasteiger partial charge in [0.2, 0.25) is 0 Å². The molecule has 18 heavy (non-hydrogen) atoms. The Morgan fingerprint density at radius 1 is 0.944 bits per heavy atom. The summed E-state index contributed by atoms with van der Waals surface area (Å²) in [6.45, 7) is 0. The van der Waals surface area contributed by atoms with Crippen molar-refractivity contribution in [3.8, 4) is 0 Å². The predicted molar refractivity (Wildman–Crippen MR) is 61.2 cm³/mol. The molecule has 0 aliphatic rings. The summed E-state index contributed by atoms with van der Waals surface area (Å²) >= 11 is 0. The van der Waals surface area contributed by atoms with Gasteiger partial charge >= 0.3 is 0 Å². The molecule has 0 atom stereocenters. The number of benzene rings is 2. The number of hydrogen-bond donors (Lipinski definition) is 2. The fourth-order valence-corrected chi connectivity index (χ4v) is 2.86. The van der Waals surface area contributed by atoms with Crippen LogP contribution < -0.4 is 0 Å². The summed E-state index contributed by atoms with van der Waals surface area (Å²) in [6.07, 6.45) is 0. The number of hydrogen-bond acceptors (Lipinski definition) is 4. The Morgan fingerprint density at radius 2 is 1.56 bits per heavy atom. The van der Waals surface area contributed by atoms with Crippen molar-refractivity contribution in [3.63, 3.8) is 0 Å². The summed E-state index contributed by atoms with van der Waals surface area (Å²) in [6, 6.07) is 9.27. The summed E-state index contributed by atoms with van der Waals surface area (Å²) < 4.78 is 62.5. The van der Waals surface area contributed by atoms with Crippen molar-refractivity contribution in [1.82, 2.24) is 0 Å². The predicted octanol–water partition coefficient (Wildman–Crippen LogP) is 0.934. The average Bonchev–Trinajstić information content (AvgIpc) is 2.24. The topological polar surface area (TPSA) is 109 Å². The van der Waals surface area contributed by atoms with Gasteiger partial charge in [-0.15, -0.1) is 0 Å². The van der Waals surface area contributed by atoms with Crippen LogP contribution in [0, 0.1) is 12.1 Å². The molecule has 8 heteroatoms. The highest BCUT2D eigenvalue weighted by Crippen LogP contribution is 2.27. The minimum atomic E-state index is -4.53. The Balaban J connectivity index is 3.00. The average molecular weight is 286 g/mol. The van der Waals surface area contributed by atoms with E-state index in [4.69, 9.17) is 9.11 Å². The van der Waals surface area contributed by atoms with Crippen LogP contribution in [0.15, 0.2) is 34.1 Å². The first-order chi connectivity index (χ1) is 8.21. The molecule has 6 nitrogen and oxygen atoms in total. The standard InChI is InChI=1S/C10H6O6S2/c11-17(12,13)9-5-1-3-7-8(9)4-2-6-10(7)18(14,15)16/h1,4-6H,(H,11,12,13)(H,14,15,16). The van der Waals surface area contributed by atoms with Crippen molar-refractivity contribution in [2.75, 3.05) is 0 Å². The van der Waals surface area contributed by atoms with E-state index in [9.17, 15) is 16.8 Å². The first-order valence-corrected chi connectivity index (χ1v) is 7.39. The molecule has 0 aromatic heterocycles. The monoisotopic (exact) mass is 286 g/mol. The SMILES string of the molecule is O=S(=O)(O)c1c[c]cc2c(S(=O)(=O)O)cc[c]c12. The molecule has 2 aromatic carbocycles. The highest BCUT2D eigenvalue weighted by atomic mass is 32.2. The van der Waals surface area contributed by atoms with Crippen LogP contribution in [0.4, 0.5) is 0 Å². The third-order valence-corrected chi connectivity index (χ3v) is 4.03. The highest BCUT2D eigenvalue weighted by molar-refractivity contribution is 7.86. The molecule has 0 amide bonds. The maximum Gasteiger partial charge on any atom is 0.295 e. The zero-order chi connectivity index (χ0) is 13.6. The quantitative estimate of drug-likeness (QED) is 0.795. The highest BCUT2D eigenvalue weighted by Gasteiger charge is 2.19. The summed E-state index contributed by atoms with van der Waals surface area (Å²) in [5.41, 5.74) is 0. The van der Waals surface area contributed by atoms with Crippen LogP contribution >= 0.6 is 0 Å². The van der Waals surface area contributed by atoms with Gasteiger partial charge in [-0.3, -0.25) is 9.11 Å². The molecule has 2 aromatic rings. The lowest BCUT2D eigenvalue weighted by Crippen LogP contribution is -2.02. The minimum Gasteiger partial charge on any atom is -0.282 e. The Bertz CT molecular complexity index is 749. The Labute approximate surface area is 103 Å². The van der Waals surface area contributed by atoms with E-state index in [0.29, 0.717) is 0 Å². The second-order valence-corrected chi connectivity index (χ2v) is 6.18. The summed E-state index contributed by atoms with van der Waals surface area (Å²) in [5, 5.41) is -0.221. The minimum absolute atomic E-state index is 0.0878. The van der Waals surface area contributed by atoms with Crippen LogP contribution in [0.2, 0.25) is 0 Å². The van der Waals surface area contributed by atoms with Crippen LogP contribution in [0.25, 0.3) is 10.8 Å². The first kappa shape index (κ1) is 13.0. The number of fused-ring (bicyclic) bond motifs is 1. The molecular weight excluding hydrogens is 280 g/mol. The molecule has 0 spiro atoms. The van der Waals surface area contributed by atoms with Gasteiger partial charge in [0.05, 0.1) is 0 Å². The molecule has 0 saturated carbocycles. The van der Waals surface area contributed by atoms with E-state index in [0.717, 1.165) is 18.2 Å². The van der Waals surface area contributed by atoms with Gasteiger partial charge < -0.3 is 0 Å². The lowest BCUT2D eigenvalue weighted by molar-refractivity contribution is 0.481. The molecule has 0 bridgehead atoms. The summed E-state index contributed by atoms with van der Waals surface area (Å²) in [7, 11) is -9.04. The molecule has 2 N–H and O–H groups in total. The van der Waals surface area contributed by atoms with Crippen LogP contribution in [0.1, 0.15) is 0 Å². The zero-order valence-corrected chi connectivity index (χ0v) is 10.3. The molecule has 0 saturated heterocycles. The van der Waals surface area contributed by atoms with Gasteiger partial charge in [0, 0.05) is 10.8 Å².